The van der Waals surface area contributed by atoms with Crippen LogP contribution in [0.25, 0.3) is 0 Å². The maximum atomic E-state index is 8.22. The molecule has 0 heterocycles. The SMILES string of the molecule is C/C(=N\C#N)NCCC(C)(C)C. The average Bonchev–Trinajstić information content (AvgIpc) is 1.84. The number of hydrogen-bond donors (Lipinski definition) is 1. The van der Waals surface area contributed by atoms with Crippen molar-refractivity contribution in [1.29, 1.82) is 5.26 Å². The van der Waals surface area contributed by atoms with E-state index in [4.69, 9.17) is 5.26 Å². The summed E-state index contributed by atoms with van der Waals surface area (Å²) < 4.78 is 0. The second kappa shape index (κ2) is 4.76. The van der Waals surface area contributed by atoms with Gasteiger partial charge in [-0.3, -0.25) is 0 Å². The molecule has 0 aliphatic rings. The molecule has 3 heteroatoms. The maximum absolute atomic E-state index is 8.22. The normalized spacial score (nSPS) is 12.4. The Balaban J connectivity index is 3.59. The lowest BCUT2D eigenvalue weighted by molar-refractivity contribution is 0.378. The Morgan fingerprint density at radius 1 is 1.50 bits per heavy atom. The van der Waals surface area contributed by atoms with Gasteiger partial charge in [0.05, 0.1) is 0 Å². The lowest BCUT2D eigenvalue weighted by Crippen LogP contribution is -2.24. The molecule has 0 aliphatic heterocycles. The second-order valence-corrected chi connectivity index (χ2v) is 4.03. The van der Waals surface area contributed by atoms with Gasteiger partial charge in [0.1, 0.15) is 5.84 Å². The molecule has 0 amide bonds. The molecule has 12 heavy (non-hydrogen) atoms. The summed E-state index contributed by atoms with van der Waals surface area (Å²) in [5.41, 5.74) is 0.333. The number of aliphatic imine (C=N–C) groups is 1. The van der Waals surface area contributed by atoms with Crippen LogP contribution in [0.2, 0.25) is 0 Å². The van der Waals surface area contributed by atoms with E-state index in [0.29, 0.717) is 11.3 Å². The smallest absolute Gasteiger partial charge is 0.207 e. The van der Waals surface area contributed by atoms with Crippen LogP contribution in [0.3, 0.4) is 0 Å². The van der Waals surface area contributed by atoms with Gasteiger partial charge in [0, 0.05) is 6.54 Å². The van der Waals surface area contributed by atoms with Gasteiger partial charge in [-0.25, -0.2) is 0 Å². The molecule has 0 aromatic carbocycles. The highest BCUT2D eigenvalue weighted by molar-refractivity contribution is 5.80. The van der Waals surface area contributed by atoms with Crippen molar-refractivity contribution in [3.63, 3.8) is 0 Å². The van der Waals surface area contributed by atoms with E-state index in [0.717, 1.165) is 13.0 Å². The maximum Gasteiger partial charge on any atom is 0.207 e. The number of rotatable bonds is 2. The third kappa shape index (κ3) is 7.07. The molecule has 0 saturated carbocycles. The highest BCUT2D eigenvalue weighted by atomic mass is 15.0. The van der Waals surface area contributed by atoms with Crippen molar-refractivity contribution in [3.8, 4) is 6.19 Å². The first-order chi connectivity index (χ1) is 5.45. The van der Waals surface area contributed by atoms with Crippen LogP contribution in [0.15, 0.2) is 4.99 Å². The predicted octanol–water partition coefficient (Wildman–Crippen LogP) is 1.91. The molecule has 1 N–H and O–H groups in total. The average molecular weight is 167 g/mol. The zero-order valence-corrected chi connectivity index (χ0v) is 8.31. The summed E-state index contributed by atoms with van der Waals surface area (Å²) in [5, 5.41) is 11.3. The Morgan fingerprint density at radius 3 is 2.50 bits per heavy atom. The molecule has 0 spiro atoms. The fourth-order valence-corrected chi connectivity index (χ4v) is 0.733. The summed E-state index contributed by atoms with van der Waals surface area (Å²) in [7, 11) is 0. The minimum atomic E-state index is 0.333. The molecule has 0 rings (SSSR count). The Bertz CT molecular complexity index is 193. The topological polar surface area (TPSA) is 48.2 Å². The van der Waals surface area contributed by atoms with E-state index >= 15 is 0 Å². The fraction of sp³-hybridized carbons (Fsp3) is 0.778. The molecule has 0 atom stereocenters. The van der Waals surface area contributed by atoms with Gasteiger partial charge in [-0.15, -0.1) is 0 Å². The summed E-state index contributed by atoms with van der Waals surface area (Å²) in [4.78, 5) is 3.56. The van der Waals surface area contributed by atoms with Gasteiger partial charge in [-0.2, -0.15) is 10.3 Å². The van der Waals surface area contributed by atoms with E-state index in [1.807, 2.05) is 0 Å². The molecule has 3 nitrogen and oxygen atoms in total. The summed E-state index contributed by atoms with van der Waals surface area (Å²) in [5.74, 6) is 0.696. The fourth-order valence-electron chi connectivity index (χ4n) is 0.733. The minimum Gasteiger partial charge on any atom is -0.373 e. The number of nitrogens with zero attached hydrogens (tertiary/aromatic N) is 2. The molecule has 0 aliphatic carbocycles. The lowest BCUT2D eigenvalue weighted by atomic mass is 9.92. The molecule has 0 unspecified atom stereocenters. The Hall–Kier alpha value is -1.04. The van der Waals surface area contributed by atoms with Gasteiger partial charge in [0.15, 0.2) is 0 Å². The van der Waals surface area contributed by atoms with E-state index in [1.165, 1.54) is 0 Å². The zero-order valence-electron chi connectivity index (χ0n) is 8.31. The first kappa shape index (κ1) is 11.0. The summed E-state index contributed by atoms with van der Waals surface area (Å²) in [6.07, 6.45) is 2.82. The molecular weight excluding hydrogens is 150 g/mol. The molecule has 0 saturated heterocycles. The molecule has 0 fully saturated rings. The van der Waals surface area contributed by atoms with Crippen LogP contribution >= 0.6 is 0 Å². The van der Waals surface area contributed by atoms with Crippen molar-refractivity contribution in [2.45, 2.75) is 34.1 Å². The predicted molar refractivity (Wildman–Crippen MR) is 50.8 cm³/mol. The van der Waals surface area contributed by atoms with Crippen LogP contribution in [0.5, 0.6) is 0 Å². The molecular formula is C9H17N3. The van der Waals surface area contributed by atoms with Crippen LogP contribution in [-0.2, 0) is 0 Å². The van der Waals surface area contributed by atoms with E-state index in [9.17, 15) is 0 Å². The van der Waals surface area contributed by atoms with Crippen LogP contribution in [0, 0.1) is 16.9 Å². The molecule has 68 valence electrons. The third-order valence-electron chi connectivity index (χ3n) is 1.47. The van der Waals surface area contributed by atoms with Gasteiger partial charge >= 0.3 is 0 Å². The standard InChI is InChI=1S/C9H17N3/c1-8(12-7-10)11-6-5-9(2,3)4/h5-6H2,1-4H3,(H,11,12). The molecule has 0 aromatic heterocycles. The number of nitriles is 1. The van der Waals surface area contributed by atoms with Crippen molar-refractivity contribution in [1.82, 2.24) is 5.32 Å². The number of amidine groups is 1. The second-order valence-electron chi connectivity index (χ2n) is 4.03. The van der Waals surface area contributed by atoms with Crippen molar-refractivity contribution in [3.05, 3.63) is 0 Å². The Kier molecular flexibility index (Phi) is 4.35. The van der Waals surface area contributed by atoms with Gasteiger partial charge in [0.25, 0.3) is 0 Å². The van der Waals surface area contributed by atoms with Crippen molar-refractivity contribution in [2.24, 2.45) is 10.4 Å². The van der Waals surface area contributed by atoms with Crippen molar-refractivity contribution in [2.75, 3.05) is 6.54 Å². The largest absolute Gasteiger partial charge is 0.373 e. The van der Waals surface area contributed by atoms with Gasteiger partial charge in [-0.1, -0.05) is 20.8 Å². The summed E-state index contributed by atoms with van der Waals surface area (Å²) in [6, 6.07) is 0. The lowest BCUT2D eigenvalue weighted by Gasteiger charge is -2.17. The van der Waals surface area contributed by atoms with Crippen LogP contribution in [0.4, 0.5) is 0 Å². The van der Waals surface area contributed by atoms with E-state index in [1.54, 1.807) is 13.1 Å². The highest BCUT2D eigenvalue weighted by Crippen LogP contribution is 2.16. The zero-order chi connectivity index (χ0) is 9.61. The summed E-state index contributed by atoms with van der Waals surface area (Å²) in [6.45, 7) is 9.23. The Labute approximate surface area is 74.5 Å². The third-order valence-corrected chi connectivity index (χ3v) is 1.47. The van der Waals surface area contributed by atoms with Crippen LogP contribution in [0.1, 0.15) is 34.1 Å². The first-order valence-electron chi connectivity index (χ1n) is 4.13. The highest BCUT2D eigenvalue weighted by Gasteiger charge is 2.08. The van der Waals surface area contributed by atoms with Crippen molar-refractivity contribution < 1.29 is 0 Å². The number of nitrogens with one attached hydrogen (secondary N) is 1. The van der Waals surface area contributed by atoms with E-state index in [2.05, 4.69) is 31.1 Å². The van der Waals surface area contributed by atoms with Gasteiger partial charge in [0.2, 0.25) is 6.19 Å². The Morgan fingerprint density at radius 2 is 2.08 bits per heavy atom. The summed E-state index contributed by atoms with van der Waals surface area (Å²) >= 11 is 0. The van der Waals surface area contributed by atoms with E-state index in [-0.39, 0.29) is 0 Å². The van der Waals surface area contributed by atoms with Gasteiger partial charge in [-0.05, 0) is 18.8 Å². The molecule has 0 aromatic rings. The van der Waals surface area contributed by atoms with Crippen LogP contribution in [-0.4, -0.2) is 12.4 Å². The van der Waals surface area contributed by atoms with E-state index < -0.39 is 0 Å². The number of hydrogen-bond acceptors (Lipinski definition) is 2. The molecule has 0 radical (unpaired) electrons. The monoisotopic (exact) mass is 167 g/mol. The molecule has 0 bridgehead atoms. The quantitative estimate of drug-likeness (QED) is 0.388. The first-order valence-corrected chi connectivity index (χ1v) is 4.13. The van der Waals surface area contributed by atoms with Crippen LogP contribution < -0.4 is 5.32 Å². The van der Waals surface area contributed by atoms with Gasteiger partial charge < -0.3 is 5.32 Å². The minimum absolute atomic E-state index is 0.333. The van der Waals surface area contributed by atoms with Crippen molar-refractivity contribution >= 4 is 5.84 Å².